The molecule has 0 fully saturated rings. The fraction of sp³-hybridized carbons (Fsp3) is 0. The average Bonchev–Trinajstić information content (AvgIpc) is 2.38. The van der Waals surface area contributed by atoms with Gasteiger partial charge in [0.15, 0.2) is 0 Å². The van der Waals surface area contributed by atoms with E-state index in [1.54, 1.807) is 6.07 Å². The molecule has 3 rings (SSSR count). The zero-order chi connectivity index (χ0) is 12.5. The minimum absolute atomic E-state index is 0.656. The van der Waals surface area contributed by atoms with Crippen LogP contribution < -0.4 is 0 Å². The molecule has 0 bridgehead atoms. The first kappa shape index (κ1) is 11.6. The van der Waals surface area contributed by atoms with Gasteiger partial charge < -0.3 is 0 Å². The predicted octanol–water partition coefficient (Wildman–Crippen LogP) is 5.81. The molecule has 3 aromatic carbocycles. The third kappa shape index (κ3) is 1.98. The Kier molecular flexibility index (Phi) is 2.99. The summed E-state index contributed by atoms with van der Waals surface area (Å²) in [6, 6.07) is 20.1. The van der Waals surface area contributed by atoms with Gasteiger partial charge in [0.05, 0.1) is 0 Å². The van der Waals surface area contributed by atoms with E-state index in [2.05, 4.69) is 24.3 Å². The van der Waals surface area contributed by atoms with E-state index >= 15 is 0 Å². The lowest BCUT2D eigenvalue weighted by Crippen LogP contribution is -1.82. The van der Waals surface area contributed by atoms with Crippen LogP contribution in [0.4, 0.5) is 0 Å². The van der Waals surface area contributed by atoms with Crippen molar-refractivity contribution in [1.29, 1.82) is 0 Å². The molecule has 2 heteroatoms. The maximum atomic E-state index is 6.28. The quantitative estimate of drug-likeness (QED) is 0.524. The molecule has 0 aliphatic carbocycles. The van der Waals surface area contributed by atoms with E-state index in [0.29, 0.717) is 10.0 Å². The topological polar surface area (TPSA) is 0 Å². The molecule has 0 aliphatic heterocycles. The van der Waals surface area contributed by atoms with Gasteiger partial charge in [0.1, 0.15) is 0 Å². The Labute approximate surface area is 116 Å². The Hall–Kier alpha value is -1.50. The molecule has 0 atom stereocenters. The van der Waals surface area contributed by atoms with Gasteiger partial charge in [0.25, 0.3) is 0 Å². The van der Waals surface area contributed by atoms with Gasteiger partial charge >= 0.3 is 0 Å². The number of benzene rings is 3. The Morgan fingerprint density at radius 2 is 1.44 bits per heavy atom. The molecular weight excluding hydrogens is 263 g/mol. The monoisotopic (exact) mass is 272 g/mol. The maximum absolute atomic E-state index is 6.28. The first-order valence-corrected chi connectivity index (χ1v) is 6.44. The summed E-state index contributed by atoms with van der Waals surface area (Å²) >= 11 is 12.2. The lowest BCUT2D eigenvalue weighted by Gasteiger charge is -2.08. The molecule has 88 valence electrons. The van der Waals surface area contributed by atoms with Crippen molar-refractivity contribution in [3.8, 4) is 11.1 Å². The SMILES string of the molecule is Clc1ccc(-c2cccc3ccccc23)c(Cl)c1. The van der Waals surface area contributed by atoms with Crippen LogP contribution in [0.5, 0.6) is 0 Å². The minimum atomic E-state index is 0.656. The van der Waals surface area contributed by atoms with Crippen LogP contribution in [-0.2, 0) is 0 Å². The molecule has 0 unspecified atom stereocenters. The Morgan fingerprint density at radius 1 is 0.667 bits per heavy atom. The van der Waals surface area contributed by atoms with Crippen molar-refractivity contribution in [2.24, 2.45) is 0 Å². The van der Waals surface area contributed by atoms with Crippen molar-refractivity contribution in [2.75, 3.05) is 0 Å². The van der Waals surface area contributed by atoms with Gasteiger partial charge in [0.2, 0.25) is 0 Å². The van der Waals surface area contributed by atoms with Crippen molar-refractivity contribution in [3.63, 3.8) is 0 Å². The zero-order valence-electron chi connectivity index (χ0n) is 9.53. The molecule has 0 saturated heterocycles. The predicted molar refractivity (Wildman–Crippen MR) is 79.4 cm³/mol. The Bertz CT molecular complexity index is 712. The van der Waals surface area contributed by atoms with Gasteiger partial charge in [-0.15, -0.1) is 0 Å². The number of hydrogen-bond acceptors (Lipinski definition) is 0. The van der Waals surface area contributed by atoms with Crippen LogP contribution >= 0.6 is 23.2 Å². The molecule has 0 N–H and O–H groups in total. The Balaban J connectivity index is 2.31. The largest absolute Gasteiger partial charge is 0.0843 e. The number of hydrogen-bond donors (Lipinski definition) is 0. The third-order valence-electron chi connectivity index (χ3n) is 3.01. The van der Waals surface area contributed by atoms with E-state index in [4.69, 9.17) is 23.2 Å². The lowest BCUT2D eigenvalue weighted by atomic mass is 9.98. The smallest absolute Gasteiger partial charge is 0.0499 e. The fourth-order valence-electron chi connectivity index (χ4n) is 2.17. The first-order valence-electron chi connectivity index (χ1n) is 5.69. The molecule has 18 heavy (non-hydrogen) atoms. The van der Waals surface area contributed by atoms with Gasteiger partial charge in [-0.2, -0.15) is 0 Å². The summed E-state index contributed by atoms with van der Waals surface area (Å²) in [6.45, 7) is 0. The van der Waals surface area contributed by atoms with Crippen molar-refractivity contribution < 1.29 is 0 Å². The van der Waals surface area contributed by atoms with Crippen LogP contribution in [-0.4, -0.2) is 0 Å². The summed E-state index contributed by atoms with van der Waals surface area (Å²) in [5.41, 5.74) is 2.15. The third-order valence-corrected chi connectivity index (χ3v) is 3.56. The molecule has 0 aromatic heterocycles. The maximum Gasteiger partial charge on any atom is 0.0499 e. The van der Waals surface area contributed by atoms with E-state index in [0.717, 1.165) is 11.1 Å². The molecule has 0 saturated carbocycles. The van der Waals surface area contributed by atoms with Crippen molar-refractivity contribution in [1.82, 2.24) is 0 Å². The molecular formula is C16H10Cl2. The van der Waals surface area contributed by atoms with E-state index in [-0.39, 0.29) is 0 Å². The van der Waals surface area contributed by atoms with Gasteiger partial charge in [-0.25, -0.2) is 0 Å². The zero-order valence-corrected chi connectivity index (χ0v) is 11.0. The van der Waals surface area contributed by atoms with Crippen molar-refractivity contribution in [3.05, 3.63) is 70.7 Å². The van der Waals surface area contributed by atoms with E-state index in [1.807, 2.05) is 30.3 Å². The van der Waals surface area contributed by atoms with E-state index < -0.39 is 0 Å². The molecule has 0 amide bonds. The summed E-state index contributed by atoms with van der Waals surface area (Å²) in [7, 11) is 0. The van der Waals surface area contributed by atoms with Crippen LogP contribution in [0.25, 0.3) is 21.9 Å². The van der Waals surface area contributed by atoms with Gasteiger partial charge in [-0.1, -0.05) is 71.7 Å². The van der Waals surface area contributed by atoms with Gasteiger partial charge in [-0.05, 0) is 28.5 Å². The molecule has 0 spiro atoms. The second kappa shape index (κ2) is 4.64. The minimum Gasteiger partial charge on any atom is -0.0843 e. The number of rotatable bonds is 1. The highest BCUT2D eigenvalue weighted by atomic mass is 35.5. The molecule has 3 aromatic rings. The van der Waals surface area contributed by atoms with E-state index in [9.17, 15) is 0 Å². The highest BCUT2D eigenvalue weighted by Gasteiger charge is 2.07. The summed E-state index contributed by atoms with van der Waals surface area (Å²) in [5, 5.41) is 3.74. The van der Waals surface area contributed by atoms with Gasteiger partial charge in [-0.3, -0.25) is 0 Å². The summed E-state index contributed by atoms with van der Waals surface area (Å²) in [6.07, 6.45) is 0. The average molecular weight is 273 g/mol. The summed E-state index contributed by atoms with van der Waals surface area (Å²) in [4.78, 5) is 0. The lowest BCUT2D eigenvalue weighted by molar-refractivity contribution is 1.65. The highest BCUT2D eigenvalue weighted by molar-refractivity contribution is 6.36. The van der Waals surface area contributed by atoms with Crippen molar-refractivity contribution in [2.45, 2.75) is 0 Å². The van der Waals surface area contributed by atoms with Crippen LogP contribution in [0.2, 0.25) is 10.0 Å². The second-order valence-corrected chi connectivity index (χ2v) is 4.99. The highest BCUT2D eigenvalue weighted by Crippen LogP contribution is 2.34. The van der Waals surface area contributed by atoms with Gasteiger partial charge in [0, 0.05) is 15.6 Å². The molecule has 0 radical (unpaired) electrons. The molecule has 0 aliphatic rings. The van der Waals surface area contributed by atoms with Crippen LogP contribution in [0, 0.1) is 0 Å². The summed E-state index contributed by atoms with van der Waals surface area (Å²) < 4.78 is 0. The van der Waals surface area contributed by atoms with Crippen molar-refractivity contribution >= 4 is 34.0 Å². The second-order valence-electron chi connectivity index (χ2n) is 4.15. The fourth-order valence-corrected chi connectivity index (χ4v) is 2.68. The number of halogens is 2. The first-order chi connectivity index (χ1) is 8.75. The Morgan fingerprint density at radius 3 is 2.28 bits per heavy atom. The van der Waals surface area contributed by atoms with Crippen LogP contribution in [0.15, 0.2) is 60.7 Å². The van der Waals surface area contributed by atoms with Crippen LogP contribution in [0.3, 0.4) is 0 Å². The normalized spacial score (nSPS) is 10.8. The van der Waals surface area contributed by atoms with E-state index in [1.165, 1.54) is 10.8 Å². The van der Waals surface area contributed by atoms with Crippen LogP contribution in [0.1, 0.15) is 0 Å². The molecule has 0 nitrogen and oxygen atoms in total. The molecule has 0 heterocycles. The summed E-state index contributed by atoms with van der Waals surface area (Å²) in [5.74, 6) is 0. The number of fused-ring (bicyclic) bond motifs is 1. The standard InChI is InChI=1S/C16H10Cl2/c17-12-8-9-15(16(18)10-12)14-7-3-5-11-4-1-2-6-13(11)14/h1-10H.